The molecule has 2 aliphatic heterocycles. The van der Waals surface area contributed by atoms with Gasteiger partial charge in [-0.1, -0.05) is 20.3 Å². The van der Waals surface area contributed by atoms with Gasteiger partial charge in [0, 0.05) is 25.2 Å². The van der Waals surface area contributed by atoms with Crippen molar-refractivity contribution in [3.63, 3.8) is 0 Å². The standard InChI is InChI=1S/C14H28N2O/c1-3-12-5-7-16(10-12)14(11-15)6-8-17-13(4-2)9-14/h12-13H,3-11,15H2,1-2H3. The van der Waals surface area contributed by atoms with Crippen LogP contribution in [-0.4, -0.2) is 42.8 Å². The van der Waals surface area contributed by atoms with E-state index < -0.39 is 0 Å². The normalized spacial score (nSPS) is 39.7. The fourth-order valence-electron chi connectivity index (χ4n) is 3.46. The highest BCUT2D eigenvalue weighted by molar-refractivity contribution is 4.98. The number of hydrogen-bond donors (Lipinski definition) is 1. The first-order valence-corrected chi connectivity index (χ1v) is 7.30. The zero-order chi connectivity index (χ0) is 12.3. The number of hydrogen-bond acceptors (Lipinski definition) is 3. The van der Waals surface area contributed by atoms with Gasteiger partial charge in [-0.15, -0.1) is 0 Å². The topological polar surface area (TPSA) is 38.5 Å². The Hall–Kier alpha value is -0.120. The molecule has 3 unspecified atom stereocenters. The summed E-state index contributed by atoms with van der Waals surface area (Å²) in [7, 11) is 0. The maximum atomic E-state index is 6.12. The fraction of sp³-hybridized carbons (Fsp3) is 1.00. The molecule has 0 aromatic heterocycles. The molecule has 0 bridgehead atoms. The number of rotatable bonds is 4. The molecule has 17 heavy (non-hydrogen) atoms. The second-order valence-corrected chi connectivity index (χ2v) is 5.79. The highest BCUT2D eigenvalue weighted by Gasteiger charge is 2.42. The number of ether oxygens (including phenoxy) is 1. The van der Waals surface area contributed by atoms with Crippen molar-refractivity contribution in [1.82, 2.24) is 4.90 Å². The van der Waals surface area contributed by atoms with Crippen molar-refractivity contribution < 1.29 is 4.74 Å². The van der Waals surface area contributed by atoms with Gasteiger partial charge in [0.25, 0.3) is 0 Å². The summed E-state index contributed by atoms with van der Waals surface area (Å²) in [5.41, 5.74) is 6.36. The van der Waals surface area contributed by atoms with Gasteiger partial charge < -0.3 is 10.5 Å². The molecule has 0 spiro atoms. The summed E-state index contributed by atoms with van der Waals surface area (Å²) in [4.78, 5) is 2.67. The van der Waals surface area contributed by atoms with E-state index in [1.165, 1.54) is 25.9 Å². The first-order valence-electron chi connectivity index (χ1n) is 7.30. The summed E-state index contributed by atoms with van der Waals surface area (Å²) < 4.78 is 5.81. The molecule has 0 amide bonds. The van der Waals surface area contributed by atoms with Gasteiger partial charge in [0.15, 0.2) is 0 Å². The smallest absolute Gasteiger partial charge is 0.0590 e. The Morgan fingerprint density at radius 2 is 2.18 bits per heavy atom. The van der Waals surface area contributed by atoms with E-state index in [4.69, 9.17) is 10.5 Å². The lowest BCUT2D eigenvalue weighted by Crippen LogP contribution is -2.57. The van der Waals surface area contributed by atoms with Crippen molar-refractivity contribution in [3.8, 4) is 0 Å². The van der Waals surface area contributed by atoms with E-state index in [0.29, 0.717) is 6.10 Å². The van der Waals surface area contributed by atoms with Crippen molar-refractivity contribution in [3.05, 3.63) is 0 Å². The highest BCUT2D eigenvalue weighted by atomic mass is 16.5. The molecule has 3 heteroatoms. The van der Waals surface area contributed by atoms with Crippen LogP contribution >= 0.6 is 0 Å². The number of nitrogens with zero attached hydrogens (tertiary/aromatic N) is 1. The molecule has 0 aromatic rings. The lowest BCUT2D eigenvalue weighted by Gasteiger charge is -2.46. The van der Waals surface area contributed by atoms with Gasteiger partial charge in [-0.25, -0.2) is 0 Å². The second kappa shape index (κ2) is 5.68. The number of nitrogens with two attached hydrogens (primary N) is 1. The minimum absolute atomic E-state index is 0.239. The Kier molecular flexibility index (Phi) is 4.45. The molecule has 0 radical (unpaired) electrons. The molecule has 0 saturated carbocycles. The maximum Gasteiger partial charge on any atom is 0.0590 e. The molecule has 0 aromatic carbocycles. The Morgan fingerprint density at radius 3 is 2.76 bits per heavy atom. The van der Waals surface area contributed by atoms with Crippen LogP contribution in [0.1, 0.15) is 46.0 Å². The van der Waals surface area contributed by atoms with Crippen LogP contribution in [0.4, 0.5) is 0 Å². The second-order valence-electron chi connectivity index (χ2n) is 5.79. The first-order chi connectivity index (χ1) is 8.24. The third kappa shape index (κ3) is 2.67. The minimum Gasteiger partial charge on any atom is -0.378 e. The van der Waals surface area contributed by atoms with Crippen LogP contribution in [-0.2, 0) is 4.74 Å². The van der Waals surface area contributed by atoms with Gasteiger partial charge in [-0.05, 0) is 38.1 Å². The first kappa shape index (κ1) is 13.3. The largest absolute Gasteiger partial charge is 0.378 e. The lowest BCUT2D eigenvalue weighted by atomic mass is 9.84. The Bertz CT molecular complexity index is 246. The molecule has 2 saturated heterocycles. The van der Waals surface area contributed by atoms with E-state index in [9.17, 15) is 0 Å². The van der Waals surface area contributed by atoms with Crippen LogP contribution < -0.4 is 5.73 Å². The van der Waals surface area contributed by atoms with Crippen molar-refractivity contribution in [2.45, 2.75) is 57.6 Å². The summed E-state index contributed by atoms with van der Waals surface area (Å²) in [6, 6.07) is 0. The summed E-state index contributed by atoms with van der Waals surface area (Å²) in [5, 5.41) is 0. The molecule has 0 aliphatic carbocycles. The molecule has 3 nitrogen and oxygen atoms in total. The van der Waals surface area contributed by atoms with Gasteiger partial charge in [-0.3, -0.25) is 4.90 Å². The van der Waals surface area contributed by atoms with Gasteiger partial charge in [0.1, 0.15) is 0 Å². The Morgan fingerprint density at radius 1 is 1.35 bits per heavy atom. The van der Waals surface area contributed by atoms with E-state index in [0.717, 1.165) is 38.3 Å². The third-order valence-electron chi connectivity index (χ3n) is 4.90. The van der Waals surface area contributed by atoms with E-state index in [-0.39, 0.29) is 5.54 Å². The SMILES string of the molecule is CCC1CCN(C2(CN)CCOC(CC)C2)C1. The molecule has 100 valence electrons. The fourth-order valence-corrected chi connectivity index (χ4v) is 3.46. The molecular formula is C14H28N2O. The van der Waals surface area contributed by atoms with Gasteiger partial charge in [0.05, 0.1) is 6.10 Å². The van der Waals surface area contributed by atoms with Crippen molar-refractivity contribution in [2.75, 3.05) is 26.2 Å². The molecular weight excluding hydrogens is 212 g/mol. The average molecular weight is 240 g/mol. The van der Waals surface area contributed by atoms with Gasteiger partial charge in [-0.2, -0.15) is 0 Å². The Balaban J connectivity index is 2.03. The van der Waals surface area contributed by atoms with Crippen molar-refractivity contribution in [2.24, 2.45) is 11.7 Å². The van der Waals surface area contributed by atoms with Crippen molar-refractivity contribution in [1.29, 1.82) is 0 Å². The summed E-state index contributed by atoms with van der Waals surface area (Å²) >= 11 is 0. The van der Waals surface area contributed by atoms with E-state index in [1.807, 2.05) is 0 Å². The quantitative estimate of drug-likeness (QED) is 0.817. The molecule has 2 N–H and O–H groups in total. The van der Waals surface area contributed by atoms with Crippen LogP contribution in [0.15, 0.2) is 0 Å². The zero-order valence-electron chi connectivity index (χ0n) is 11.5. The van der Waals surface area contributed by atoms with E-state index in [2.05, 4.69) is 18.7 Å². The van der Waals surface area contributed by atoms with Crippen molar-refractivity contribution >= 4 is 0 Å². The minimum atomic E-state index is 0.239. The monoisotopic (exact) mass is 240 g/mol. The van der Waals surface area contributed by atoms with Crippen LogP contribution in [0.3, 0.4) is 0 Å². The number of likely N-dealkylation sites (tertiary alicyclic amines) is 1. The van der Waals surface area contributed by atoms with E-state index >= 15 is 0 Å². The van der Waals surface area contributed by atoms with Gasteiger partial charge in [0.2, 0.25) is 0 Å². The predicted octanol–water partition coefficient (Wildman–Crippen LogP) is 2.00. The maximum absolute atomic E-state index is 6.12. The molecule has 3 atom stereocenters. The Labute approximate surface area is 106 Å². The van der Waals surface area contributed by atoms with Crippen LogP contribution in [0.5, 0.6) is 0 Å². The van der Waals surface area contributed by atoms with Gasteiger partial charge >= 0.3 is 0 Å². The molecule has 2 rings (SSSR count). The van der Waals surface area contributed by atoms with E-state index in [1.54, 1.807) is 0 Å². The third-order valence-corrected chi connectivity index (χ3v) is 4.90. The van der Waals surface area contributed by atoms with Crippen LogP contribution in [0, 0.1) is 5.92 Å². The van der Waals surface area contributed by atoms with Crippen LogP contribution in [0.25, 0.3) is 0 Å². The molecule has 2 heterocycles. The molecule has 2 fully saturated rings. The predicted molar refractivity (Wildman–Crippen MR) is 71.0 cm³/mol. The average Bonchev–Trinajstić information content (AvgIpc) is 2.88. The lowest BCUT2D eigenvalue weighted by molar-refractivity contribution is -0.0666. The molecule has 2 aliphatic rings. The zero-order valence-corrected chi connectivity index (χ0v) is 11.5. The highest BCUT2D eigenvalue weighted by Crippen LogP contribution is 2.35. The summed E-state index contributed by atoms with van der Waals surface area (Å²) in [6.07, 6.45) is 6.47. The van der Waals surface area contributed by atoms with Crippen LogP contribution in [0.2, 0.25) is 0 Å². The summed E-state index contributed by atoms with van der Waals surface area (Å²) in [5.74, 6) is 0.890. The summed E-state index contributed by atoms with van der Waals surface area (Å²) in [6.45, 7) is 8.71.